The van der Waals surface area contributed by atoms with Crippen LogP contribution < -0.4 is 0 Å². The van der Waals surface area contributed by atoms with Crippen molar-refractivity contribution in [1.29, 1.82) is 0 Å². The minimum atomic E-state index is -2.11. The number of aliphatic hydroxyl groups excluding tert-OH is 14. The molecule has 9 fully saturated rings. The van der Waals surface area contributed by atoms with Crippen molar-refractivity contribution in [3.8, 4) is 0 Å². The van der Waals surface area contributed by atoms with Crippen molar-refractivity contribution in [3.63, 3.8) is 0 Å². The summed E-state index contributed by atoms with van der Waals surface area (Å²) in [6, 6.07) is 0. The molecule has 5 heterocycles. The monoisotopic (exact) mass is 1250 g/mol. The van der Waals surface area contributed by atoms with Gasteiger partial charge in [-0.25, -0.2) is 0 Å². The maximum atomic E-state index is 15.5. The lowest BCUT2D eigenvalue weighted by Crippen LogP contribution is -2.70. The lowest BCUT2D eigenvalue weighted by molar-refractivity contribution is -0.372. The van der Waals surface area contributed by atoms with Gasteiger partial charge in [0.2, 0.25) is 6.29 Å². The molecular formula is C59H94O28. The first-order chi connectivity index (χ1) is 40.7. The molecular weight excluding hydrogens is 1160 g/mol. The summed E-state index contributed by atoms with van der Waals surface area (Å²) in [5.74, 6) is -2.77. The van der Waals surface area contributed by atoms with E-state index >= 15 is 4.79 Å². The van der Waals surface area contributed by atoms with Crippen LogP contribution in [-0.2, 0) is 61.7 Å². The van der Waals surface area contributed by atoms with Gasteiger partial charge in [0.1, 0.15) is 84.3 Å². The topological polar surface area (TPSA) is 439 Å². The largest absolute Gasteiger partial charge is 0.454 e. The first kappa shape index (κ1) is 67.6. The average Bonchev–Trinajstić information content (AvgIpc) is 0.962. The second kappa shape index (κ2) is 24.6. The van der Waals surface area contributed by atoms with Crippen molar-refractivity contribution in [2.45, 2.75) is 254 Å². The van der Waals surface area contributed by atoms with E-state index in [1.54, 1.807) is 0 Å². The minimum absolute atomic E-state index is 0.115. The van der Waals surface area contributed by atoms with Crippen LogP contribution in [0.1, 0.15) is 107 Å². The molecule has 10 aliphatic rings. The molecule has 0 unspecified atom stereocenters. The van der Waals surface area contributed by atoms with E-state index in [0.29, 0.717) is 32.1 Å². The number of esters is 2. The van der Waals surface area contributed by atoms with E-state index in [9.17, 15) is 81.4 Å². The fraction of sp³-hybridized carbons (Fsp3) is 0.932. The van der Waals surface area contributed by atoms with Gasteiger partial charge >= 0.3 is 11.9 Å². The molecule has 0 bridgehead atoms. The Labute approximate surface area is 504 Å². The van der Waals surface area contributed by atoms with Crippen LogP contribution in [0.5, 0.6) is 0 Å². The van der Waals surface area contributed by atoms with Crippen molar-refractivity contribution in [2.75, 3.05) is 39.6 Å². The van der Waals surface area contributed by atoms with Gasteiger partial charge in [0, 0.05) is 12.3 Å². The van der Waals surface area contributed by atoms with E-state index in [4.69, 9.17) is 52.1 Å². The first-order valence-corrected chi connectivity index (χ1v) is 30.6. The van der Waals surface area contributed by atoms with E-state index in [2.05, 4.69) is 40.7 Å². The Bertz CT molecular complexity index is 2490. The highest BCUT2D eigenvalue weighted by Crippen LogP contribution is 2.76. The molecule has 28 nitrogen and oxygen atoms in total. The Morgan fingerprint density at radius 2 is 1.25 bits per heavy atom. The van der Waals surface area contributed by atoms with Gasteiger partial charge in [0.05, 0.1) is 64.1 Å². The van der Waals surface area contributed by atoms with E-state index < -0.39 is 231 Å². The van der Waals surface area contributed by atoms with Crippen LogP contribution in [0.25, 0.3) is 0 Å². The van der Waals surface area contributed by atoms with Gasteiger partial charge in [0.15, 0.2) is 37.4 Å². The SMILES string of the molecule is CC(=O)O[C@H]1[C@H](O[C@@H]2[C@@H](O)[C@@H](O)[C@H](O[C@H]3[C@H](OC(=O)[C@]45CCC(C)(C)C[C@@H]4C4=CC[C@@H]6[C@@]7(C)C[C@H](O)[C@H](O[C@@H]8O[C@H](CO)[C@@H](O)[C@H](O)[C@H]8O)[C@@](C)(CO)[C@@H]7CC[C@@]6(C)[C@]4(C)C[C@H]5O)OC[C@H](O)[C@@H]3O)O[C@H]2C)OC[C@@H](O)[C@@H]1O[C@@H]1OC[C@](O)(CO)[C@H]1O. The molecule has 0 radical (unpaired) electrons. The molecule has 498 valence electrons. The molecule has 10 rings (SSSR count). The average molecular weight is 1250 g/mol. The number of aliphatic hydroxyl groups is 15. The van der Waals surface area contributed by atoms with Crippen molar-refractivity contribution in [2.24, 2.45) is 50.2 Å². The van der Waals surface area contributed by atoms with Crippen LogP contribution in [0.4, 0.5) is 0 Å². The fourth-order valence-electron chi connectivity index (χ4n) is 17.7. The Morgan fingerprint density at radius 1 is 0.609 bits per heavy atom. The zero-order valence-corrected chi connectivity index (χ0v) is 50.5. The van der Waals surface area contributed by atoms with Crippen LogP contribution in [0.3, 0.4) is 0 Å². The molecule has 0 amide bonds. The molecule has 5 aliphatic heterocycles. The number of allylic oxidation sites excluding steroid dienone is 2. The highest BCUT2D eigenvalue weighted by atomic mass is 16.8. The summed E-state index contributed by atoms with van der Waals surface area (Å²) in [5, 5.41) is 166. The standard InChI is InChI=1S/C59H94O28/c1-24-41(83-50-44(81-25(2)63)42(30(66)20-78-50)84-51-45(74)58(76,22-62)23-79-51)38(71)40(73)47(80-24)85-43-35(68)29(65)19-77-49(43)87-52(75)59-14-13-53(3,4)15-27(59)26-9-10-33-54(5)16-28(64)46(86-48-39(72)37(70)36(69)31(18-60)82-48)55(6,21-61)32(54)11-12-56(33,7)57(26,8)17-34(59)67/h9,24,27-51,60-62,64-74,76H,10-23H2,1-8H3/t24-,27+,28-,29-,30+,31+,32+,33+,34+,35-,36+,37-,38-,39+,40+,41-,42-,43+,44+,45-,46-,47-,48-,49-,50-,51-,54-,55-,56+,57+,58+,59+/m0/s1. The number of carbonyl (C=O) groups excluding carboxylic acids is 2. The summed E-state index contributed by atoms with van der Waals surface area (Å²) in [6.07, 6.45) is -31.5. The Balaban J connectivity index is 0.865. The highest BCUT2D eigenvalue weighted by Gasteiger charge is 2.73. The van der Waals surface area contributed by atoms with Crippen LogP contribution >= 0.6 is 0 Å². The quantitative estimate of drug-likeness (QED) is 0.0451. The number of hydrogen-bond donors (Lipinski definition) is 15. The van der Waals surface area contributed by atoms with Gasteiger partial charge in [0.25, 0.3) is 0 Å². The first-order valence-electron chi connectivity index (χ1n) is 30.6. The molecule has 28 heteroatoms. The molecule has 0 aromatic rings. The van der Waals surface area contributed by atoms with E-state index in [1.165, 1.54) is 6.92 Å². The summed E-state index contributed by atoms with van der Waals surface area (Å²) in [5.41, 5.74) is -6.15. The van der Waals surface area contributed by atoms with Crippen LogP contribution in [0.2, 0.25) is 0 Å². The third-order valence-electron chi connectivity index (χ3n) is 22.8. The lowest BCUT2D eigenvalue weighted by Gasteiger charge is -2.72. The highest BCUT2D eigenvalue weighted by molar-refractivity contribution is 5.80. The van der Waals surface area contributed by atoms with Crippen molar-refractivity contribution in [1.82, 2.24) is 0 Å². The van der Waals surface area contributed by atoms with Gasteiger partial charge in [-0.1, -0.05) is 53.2 Å². The van der Waals surface area contributed by atoms with Gasteiger partial charge in [-0.05, 0) is 97.7 Å². The predicted octanol–water partition coefficient (Wildman–Crippen LogP) is -3.78. The zero-order chi connectivity index (χ0) is 63.6. The van der Waals surface area contributed by atoms with Crippen LogP contribution in [-0.4, -0.2) is 275 Å². The van der Waals surface area contributed by atoms with Crippen molar-refractivity contribution < 1.29 is 138 Å². The second-order valence-corrected chi connectivity index (χ2v) is 28.6. The summed E-state index contributed by atoms with van der Waals surface area (Å²) in [6.45, 7) is 11.4. The molecule has 15 N–H and O–H groups in total. The normalized spacial score (nSPS) is 54.0. The maximum absolute atomic E-state index is 15.5. The minimum Gasteiger partial charge on any atom is -0.454 e. The van der Waals surface area contributed by atoms with Gasteiger partial charge in [-0.15, -0.1) is 0 Å². The lowest BCUT2D eigenvalue weighted by atomic mass is 9.33. The van der Waals surface area contributed by atoms with E-state index in [0.717, 1.165) is 12.5 Å². The van der Waals surface area contributed by atoms with Gasteiger partial charge in [-0.3, -0.25) is 9.59 Å². The molecule has 87 heavy (non-hydrogen) atoms. The maximum Gasteiger partial charge on any atom is 0.317 e. The summed E-state index contributed by atoms with van der Waals surface area (Å²) in [4.78, 5) is 27.9. The smallest absolute Gasteiger partial charge is 0.317 e. The van der Waals surface area contributed by atoms with Crippen molar-refractivity contribution >= 4 is 11.9 Å². The Hall–Kier alpha value is -2.28. The number of rotatable bonds is 14. The van der Waals surface area contributed by atoms with E-state index in [-0.39, 0.29) is 36.5 Å². The summed E-state index contributed by atoms with van der Waals surface area (Å²) < 4.78 is 64.8. The predicted molar refractivity (Wildman–Crippen MR) is 290 cm³/mol. The summed E-state index contributed by atoms with van der Waals surface area (Å²) in [7, 11) is 0. The Kier molecular flexibility index (Phi) is 19.1. The number of ether oxygens (including phenoxy) is 11. The van der Waals surface area contributed by atoms with Crippen LogP contribution in [0.15, 0.2) is 11.6 Å². The van der Waals surface area contributed by atoms with Gasteiger partial charge < -0.3 is 129 Å². The third kappa shape index (κ3) is 11.2. The Morgan fingerprint density at radius 3 is 1.91 bits per heavy atom. The van der Waals surface area contributed by atoms with Gasteiger partial charge in [-0.2, -0.15) is 0 Å². The number of fused-ring (bicyclic) bond motifs is 7. The third-order valence-corrected chi connectivity index (χ3v) is 22.8. The fourth-order valence-corrected chi connectivity index (χ4v) is 17.7. The molecule has 0 aromatic carbocycles. The molecule has 4 saturated carbocycles. The van der Waals surface area contributed by atoms with Crippen molar-refractivity contribution in [3.05, 3.63) is 11.6 Å². The van der Waals surface area contributed by atoms with Crippen LogP contribution in [0, 0.1) is 50.2 Å². The number of carbonyl (C=O) groups is 2. The van der Waals surface area contributed by atoms with E-state index in [1.807, 2.05) is 6.92 Å². The second-order valence-electron chi connectivity index (χ2n) is 28.6. The molecule has 0 spiro atoms. The number of hydrogen-bond acceptors (Lipinski definition) is 28. The molecule has 0 aromatic heterocycles. The molecule has 5 aliphatic carbocycles. The zero-order valence-electron chi connectivity index (χ0n) is 50.5. The summed E-state index contributed by atoms with van der Waals surface area (Å²) >= 11 is 0. The molecule has 32 atom stereocenters. The molecule has 5 saturated heterocycles.